The van der Waals surface area contributed by atoms with Crippen LogP contribution in [-0.4, -0.2) is 17.1 Å². The zero-order valence-corrected chi connectivity index (χ0v) is 9.73. The Morgan fingerprint density at radius 2 is 1.93 bits per heavy atom. The highest BCUT2D eigenvalue weighted by Gasteiger charge is 2.11. The molecule has 0 amide bonds. The molecule has 0 atom stereocenters. The lowest BCUT2D eigenvalue weighted by Gasteiger charge is -2.07. The normalized spacial score (nSPS) is 10.7. The number of halogens is 2. The van der Waals surface area contributed by atoms with Crippen LogP contribution in [0.1, 0.15) is 5.56 Å². The molecular formula is C10H8Cl2N2O. The Balaban J connectivity index is 2.93. The van der Waals surface area contributed by atoms with Crippen molar-refractivity contribution in [2.24, 2.45) is 0 Å². The van der Waals surface area contributed by atoms with Gasteiger partial charge in [-0.15, -0.1) is 0 Å². The van der Waals surface area contributed by atoms with Gasteiger partial charge >= 0.3 is 0 Å². The van der Waals surface area contributed by atoms with Gasteiger partial charge in [-0.25, -0.2) is 9.97 Å². The van der Waals surface area contributed by atoms with Crippen LogP contribution in [0.15, 0.2) is 12.1 Å². The van der Waals surface area contributed by atoms with E-state index in [0.717, 1.165) is 10.9 Å². The Bertz CT molecular complexity index is 528. The molecule has 1 heterocycles. The monoisotopic (exact) mass is 242 g/mol. The molecule has 1 aromatic carbocycles. The molecule has 0 aliphatic carbocycles. The minimum Gasteiger partial charge on any atom is -0.494 e. The van der Waals surface area contributed by atoms with Gasteiger partial charge in [0.15, 0.2) is 0 Å². The molecule has 3 nitrogen and oxygen atoms in total. The van der Waals surface area contributed by atoms with Gasteiger partial charge in [0.05, 0.1) is 7.11 Å². The molecule has 1 aromatic heterocycles. The highest BCUT2D eigenvalue weighted by Crippen LogP contribution is 2.31. The average molecular weight is 243 g/mol. The summed E-state index contributed by atoms with van der Waals surface area (Å²) in [5.74, 6) is 0.641. The van der Waals surface area contributed by atoms with E-state index >= 15 is 0 Å². The van der Waals surface area contributed by atoms with Crippen LogP contribution in [0.4, 0.5) is 0 Å². The third-order valence-electron chi connectivity index (χ3n) is 2.17. The molecule has 0 aliphatic heterocycles. The topological polar surface area (TPSA) is 35.0 Å². The number of aryl methyl sites for hydroxylation is 1. The zero-order valence-electron chi connectivity index (χ0n) is 8.21. The second-order valence-corrected chi connectivity index (χ2v) is 3.79. The Morgan fingerprint density at radius 3 is 2.60 bits per heavy atom. The van der Waals surface area contributed by atoms with Crippen molar-refractivity contribution in [1.82, 2.24) is 9.97 Å². The number of hydrogen-bond acceptors (Lipinski definition) is 3. The summed E-state index contributed by atoms with van der Waals surface area (Å²) in [6.45, 7) is 1.94. The molecule has 0 radical (unpaired) electrons. The van der Waals surface area contributed by atoms with Crippen LogP contribution >= 0.6 is 23.2 Å². The molecular weight excluding hydrogens is 235 g/mol. The molecule has 2 aromatic rings. The molecule has 15 heavy (non-hydrogen) atoms. The van der Waals surface area contributed by atoms with Crippen LogP contribution in [0.25, 0.3) is 10.9 Å². The van der Waals surface area contributed by atoms with E-state index in [1.54, 1.807) is 7.11 Å². The number of aromatic nitrogens is 2. The van der Waals surface area contributed by atoms with E-state index in [1.165, 1.54) is 0 Å². The minimum atomic E-state index is 0.122. The number of methoxy groups -OCH3 is 1. The van der Waals surface area contributed by atoms with Gasteiger partial charge in [0.25, 0.3) is 0 Å². The molecule has 0 saturated carbocycles. The fourth-order valence-electron chi connectivity index (χ4n) is 1.46. The maximum atomic E-state index is 6.01. The minimum absolute atomic E-state index is 0.122. The summed E-state index contributed by atoms with van der Waals surface area (Å²) in [5, 5.41) is 1.25. The van der Waals surface area contributed by atoms with E-state index in [2.05, 4.69) is 9.97 Å². The van der Waals surface area contributed by atoms with Gasteiger partial charge in [-0.2, -0.15) is 0 Å². The molecule has 0 N–H and O–H groups in total. The first-order valence-electron chi connectivity index (χ1n) is 4.30. The van der Waals surface area contributed by atoms with Crippen LogP contribution < -0.4 is 4.74 Å². The Labute approximate surface area is 97.0 Å². The van der Waals surface area contributed by atoms with Crippen LogP contribution in [0.2, 0.25) is 10.4 Å². The summed E-state index contributed by atoms with van der Waals surface area (Å²) >= 11 is 11.7. The zero-order chi connectivity index (χ0) is 11.0. The van der Waals surface area contributed by atoms with Crippen molar-refractivity contribution in [2.45, 2.75) is 6.92 Å². The smallest absolute Gasteiger partial charge is 0.224 e. The lowest BCUT2D eigenvalue weighted by atomic mass is 10.1. The fourth-order valence-corrected chi connectivity index (χ4v) is 1.99. The largest absolute Gasteiger partial charge is 0.494 e. The molecule has 0 fully saturated rings. The number of ether oxygens (including phenoxy) is 1. The van der Waals surface area contributed by atoms with Gasteiger partial charge < -0.3 is 4.74 Å². The maximum Gasteiger partial charge on any atom is 0.224 e. The average Bonchev–Trinajstić information content (AvgIpc) is 2.17. The number of benzene rings is 1. The van der Waals surface area contributed by atoms with E-state index in [0.29, 0.717) is 16.4 Å². The third kappa shape index (κ3) is 1.73. The molecule has 5 heteroatoms. The number of rotatable bonds is 1. The first kappa shape index (κ1) is 10.5. The van der Waals surface area contributed by atoms with Gasteiger partial charge in [0.1, 0.15) is 16.4 Å². The molecule has 0 aliphatic rings. The quantitative estimate of drug-likeness (QED) is 0.569. The number of hydrogen-bond donors (Lipinski definition) is 0. The van der Waals surface area contributed by atoms with Gasteiger partial charge in [-0.3, -0.25) is 0 Å². The van der Waals surface area contributed by atoms with Crippen LogP contribution in [0.3, 0.4) is 0 Å². The molecule has 0 unspecified atom stereocenters. The second-order valence-electron chi connectivity index (χ2n) is 3.09. The van der Waals surface area contributed by atoms with E-state index in [9.17, 15) is 0 Å². The molecule has 78 valence electrons. The summed E-state index contributed by atoms with van der Waals surface area (Å²) in [4.78, 5) is 8.02. The molecule has 0 spiro atoms. The second kappa shape index (κ2) is 3.83. The Hall–Kier alpha value is -1.06. The van der Waals surface area contributed by atoms with Crippen molar-refractivity contribution in [3.05, 3.63) is 28.1 Å². The lowest BCUT2D eigenvalue weighted by molar-refractivity contribution is 0.419. The summed E-state index contributed by atoms with van der Waals surface area (Å²) in [6.07, 6.45) is 0. The van der Waals surface area contributed by atoms with Gasteiger partial charge in [-0.05, 0) is 30.2 Å². The van der Waals surface area contributed by atoms with Gasteiger partial charge in [-0.1, -0.05) is 17.7 Å². The van der Waals surface area contributed by atoms with Crippen molar-refractivity contribution in [1.29, 1.82) is 0 Å². The summed E-state index contributed by atoms with van der Waals surface area (Å²) in [5.41, 5.74) is 1.63. The number of nitrogens with zero attached hydrogens (tertiary/aromatic N) is 2. The molecule has 0 saturated heterocycles. The van der Waals surface area contributed by atoms with Crippen LogP contribution in [0.5, 0.6) is 5.75 Å². The predicted octanol–water partition coefficient (Wildman–Crippen LogP) is 3.25. The molecule has 2 rings (SSSR count). The van der Waals surface area contributed by atoms with Crippen molar-refractivity contribution in [3.8, 4) is 5.75 Å². The van der Waals surface area contributed by atoms with E-state index < -0.39 is 0 Å². The first-order chi connectivity index (χ1) is 7.13. The fraction of sp³-hybridized carbons (Fsp3) is 0.200. The first-order valence-corrected chi connectivity index (χ1v) is 5.05. The van der Waals surface area contributed by atoms with E-state index in [-0.39, 0.29) is 5.28 Å². The standard InChI is InChI=1S/C10H8Cl2N2O/c1-5-3-4-6(15-2)8-7(5)9(11)14-10(12)13-8/h3-4H,1-2H3. The lowest BCUT2D eigenvalue weighted by Crippen LogP contribution is -1.93. The number of fused-ring (bicyclic) bond motifs is 1. The van der Waals surface area contributed by atoms with E-state index in [4.69, 9.17) is 27.9 Å². The van der Waals surface area contributed by atoms with Crippen molar-refractivity contribution in [3.63, 3.8) is 0 Å². The SMILES string of the molecule is COc1ccc(C)c2c(Cl)nc(Cl)nc12. The van der Waals surface area contributed by atoms with Crippen LogP contribution in [-0.2, 0) is 0 Å². The van der Waals surface area contributed by atoms with Crippen molar-refractivity contribution >= 4 is 34.1 Å². The molecule has 0 bridgehead atoms. The van der Waals surface area contributed by atoms with Gasteiger partial charge in [0.2, 0.25) is 5.28 Å². The summed E-state index contributed by atoms with van der Waals surface area (Å²) in [7, 11) is 1.58. The van der Waals surface area contributed by atoms with Crippen molar-refractivity contribution in [2.75, 3.05) is 7.11 Å². The summed E-state index contributed by atoms with van der Waals surface area (Å²) in [6, 6.07) is 3.74. The van der Waals surface area contributed by atoms with Crippen LogP contribution in [0, 0.1) is 6.92 Å². The third-order valence-corrected chi connectivity index (χ3v) is 2.61. The van der Waals surface area contributed by atoms with Gasteiger partial charge in [0, 0.05) is 5.39 Å². The maximum absolute atomic E-state index is 6.01. The highest BCUT2D eigenvalue weighted by molar-refractivity contribution is 6.36. The van der Waals surface area contributed by atoms with E-state index in [1.807, 2.05) is 19.1 Å². The Morgan fingerprint density at radius 1 is 1.20 bits per heavy atom. The summed E-state index contributed by atoms with van der Waals surface area (Å²) < 4.78 is 5.18. The predicted molar refractivity (Wildman–Crippen MR) is 60.8 cm³/mol. The Kier molecular flexibility index (Phi) is 2.67. The van der Waals surface area contributed by atoms with Crippen molar-refractivity contribution < 1.29 is 4.74 Å². The highest BCUT2D eigenvalue weighted by atomic mass is 35.5.